The van der Waals surface area contributed by atoms with Crippen molar-refractivity contribution in [2.75, 3.05) is 20.6 Å². The number of aromatic nitrogens is 2. The van der Waals surface area contributed by atoms with Gasteiger partial charge in [-0.2, -0.15) is 5.10 Å². The van der Waals surface area contributed by atoms with Crippen molar-refractivity contribution in [1.29, 1.82) is 0 Å². The van der Waals surface area contributed by atoms with Gasteiger partial charge in [0.15, 0.2) is 0 Å². The molecule has 0 bridgehead atoms. The Labute approximate surface area is 136 Å². The Morgan fingerprint density at radius 1 is 1.26 bits per heavy atom. The van der Waals surface area contributed by atoms with Crippen molar-refractivity contribution in [2.45, 2.75) is 19.0 Å². The molecular formula is C19H22N4. The summed E-state index contributed by atoms with van der Waals surface area (Å²) in [5.74, 6) is 0.423. The van der Waals surface area contributed by atoms with Crippen molar-refractivity contribution in [1.82, 2.24) is 20.4 Å². The molecule has 1 atom stereocenters. The van der Waals surface area contributed by atoms with E-state index in [0.717, 1.165) is 25.2 Å². The molecular weight excluding hydrogens is 284 g/mol. The largest absolute Gasteiger partial charge is 0.316 e. The summed E-state index contributed by atoms with van der Waals surface area (Å²) < 4.78 is 0. The Bertz CT molecular complexity index is 836. The molecule has 1 aliphatic heterocycles. The molecule has 4 heteroatoms. The van der Waals surface area contributed by atoms with Crippen LogP contribution in [0.15, 0.2) is 42.6 Å². The number of fused-ring (bicyclic) bond motifs is 2. The highest BCUT2D eigenvalue weighted by atomic mass is 15.1. The van der Waals surface area contributed by atoms with Gasteiger partial charge in [-0.25, -0.2) is 0 Å². The van der Waals surface area contributed by atoms with Crippen molar-refractivity contribution >= 4 is 10.9 Å². The van der Waals surface area contributed by atoms with Gasteiger partial charge in [-0.3, -0.25) is 5.10 Å². The fourth-order valence-corrected chi connectivity index (χ4v) is 3.68. The van der Waals surface area contributed by atoms with E-state index in [-0.39, 0.29) is 0 Å². The first-order chi connectivity index (χ1) is 11.2. The van der Waals surface area contributed by atoms with E-state index < -0.39 is 0 Å². The molecule has 0 spiro atoms. The molecule has 2 N–H and O–H groups in total. The monoisotopic (exact) mass is 306 g/mol. The minimum Gasteiger partial charge on any atom is -0.316 e. The van der Waals surface area contributed by atoms with E-state index in [1.165, 1.54) is 27.6 Å². The Balaban J connectivity index is 1.77. The Morgan fingerprint density at radius 3 is 3.04 bits per heavy atom. The minimum atomic E-state index is 0.423. The molecule has 23 heavy (non-hydrogen) atoms. The predicted octanol–water partition coefficient (Wildman–Crippen LogP) is 2.86. The zero-order valence-corrected chi connectivity index (χ0v) is 13.6. The second-order valence-corrected chi connectivity index (χ2v) is 6.53. The molecule has 2 heterocycles. The Hall–Kier alpha value is -2.17. The predicted molar refractivity (Wildman–Crippen MR) is 93.5 cm³/mol. The van der Waals surface area contributed by atoms with Crippen LogP contribution in [0.5, 0.6) is 0 Å². The van der Waals surface area contributed by atoms with Crippen LogP contribution in [0.25, 0.3) is 10.9 Å². The molecule has 2 aromatic carbocycles. The van der Waals surface area contributed by atoms with Gasteiger partial charge in [-0.1, -0.05) is 24.3 Å². The van der Waals surface area contributed by atoms with Crippen LogP contribution < -0.4 is 5.32 Å². The first kappa shape index (κ1) is 14.4. The van der Waals surface area contributed by atoms with E-state index in [9.17, 15) is 0 Å². The van der Waals surface area contributed by atoms with E-state index in [2.05, 4.69) is 63.9 Å². The molecule has 0 aliphatic carbocycles. The van der Waals surface area contributed by atoms with Crippen LogP contribution >= 0.6 is 0 Å². The van der Waals surface area contributed by atoms with Gasteiger partial charge in [0, 0.05) is 30.9 Å². The molecule has 0 amide bonds. The second-order valence-electron chi connectivity index (χ2n) is 6.53. The van der Waals surface area contributed by atoms with Gasteiger partial charge in [-0.15, -0.1) is 0 Å². The molecule has 0 fully saturated rings. The smallest absolute Gasteiger partial charge is 0.0650 e. The lowest BCUT2D eigenvalue weighted by atomic mass is 9.84. The van der Waals surface area contributed by atoms with Gasteiger partial charge >= 0.3 is 0 Å². The number of hydrogen-bond acceptors (Lipinski definition) is 3. The quantitative estimate of drug-likeness (QED) is 0.782. The van der Waals surface area contributed by atoms with Gasteiger partial charge in [0.1, 0.15) is 0 Å². The number of nitrogens with zero attached hydrogens (tertiary/aromatic N) is 2. The highest BCUT2D eigenvalue weighted by Crippen LogP contribution is 2.34. The maximum Gasteiger partial charge on any atom is 0.0650 e. The summed E-state index contributed by atoms with van der Waals surface area (Å²) in [7, 11) is 4.20. The van der Waals surface area contributed by atoms with E-state index in [1.807, 2.05) is 13.2 Å². The summed E-state index contributed by atoms with van der Waals surface area (Å²) in [5.41, 5.74) is 6.73. The van der Waals surface area contributed by atoms with Crippen LogP contribution in [0.3, 0.4) is 0 Å². The van der Waals surface area contributed by atoms with E-state index in [1.54, 1.807) is 0 Å². The third kappa shape index (κ3) is 2.64. The summed E-state index contributed by atoms with van der Waals surface area (Å²) in [6.07, 6.45) is 1.91. The lowest BCUT2D eigenvalue weighted by molar-refractivity contribution is 0.295. The van der Waals surface area contributed by atoms with Crippen LogP contribution in [0.4, 0.5) is 0 Å². The lowest BCUT2D eigenvalue weighted by Gasteiger charge is -2.33. The number of H-pyrrole nitrogens is 1. The number of rotatable bonds is 3. The van der Waals surface area contributed by atoms with Crippen molar-refractivity contribution < 1.29 is 0 Å². The van der Waals surface area contributed by atoms with Crippen molar-refractivity contribution in [3.05, 3.63) is 64.8 Å². The molecule has 1 aliphatic rings. The highest BCUT2D eigenvalue weighted by Gasteiger charge is 2.25. The number of likely N-dealkylation sites (N-methyl/N-ethyl adjacent to an activating group) is 1. The maximum absolute atomic E-state index is 4.14. The molecule has 0 saturated carbocycles. The van der Waals surface area contributed by atoms with Crippen molar-refractivity contribution in [2.24, 2.45) is 0 Å². The zero-order chi connectivity index (χ0) is 15.8. The van der Waals surface area contributed by atoms with E-state index >= 15 is 0 Å². The van der Waals surface area contributed by atoms with Crippen LogP contribution in [0.1, 0.15) is 28.2 Å². The Kier molecular flexibility index (Phi) is 3.63. The van der Waals surface area contributed by atoms with Gasteiger partial charge < -0.3 is 10.2 Å². The van der Waals surface area contributed by atoms with Crippen LogP contribution in [-0.4, -0.2) is 35.7 Å². The SMILES string of the molecule is CNCc1ccc2c(c1)CN(C)CC2c1ccc2[nH]ncc2c1. The summed E-state index contributed by atoms with van der Waals surface area (Å²) in [5, 5.41) is 11.6. The number of aromatic amines is 1. The topological polar surface area (TPSA) is 44.0 Å². The maximum atomic E-state index is 4.14. The molecule has 3 aromatic rings. The third-order valence-corrected chi connectivity index (χ3v) is 4.76. The summed E-state index contributed by atoms with van der Waals surface area (Å²) in [6, 6.07) is 13.6. The highest BCUT2D eigenvalue weighted by molar-refractivity contribution is 5.78. The molecule has 1 unspecified atom stereocenters. The fourth-order valence-electron chi connectivity index (χ4n) is 3.68. The molecule has 4 nitrogen and oxygen atoms in total. The fraction of sp³-hybridized carbons (Fsp3) is 0.316. The van der Waals surface area contributed by atoms with Gasteiger partial charge in [0.05, 0.1) is 11.7 Å². The van der Waals surface area contributed by atoms with Crippen LogP contribution in [-0.2, 0) is 13.1 Å². The first-order valence-corrected chi connectivity index (χ1v) is 8.12. The van der Waals surface area contributed by atoms with Crippen molar-refractivity contribution in [3.8, 4) is 0 Å². The van der Waals surface area contributed by atoms with Crippen LogP contribution in [0.2, 0.25) is 0 Å². The van der Waals surface area contributed by atoms with Gasteiger partial charge in [0.25, 0.3) is 0 Å². The van der Waals surface area contributed by atoms with E-state index in [4.69, 9.17) is 0 Å². The summed E-state index contributed by atoms with van der Waals surface area (Å²) in [4.78, 5) is 2.41. The summed E-state index contributed by atoms with van der Waals surface area (Å²) in [6.45, 7) is 3.00. The zero-order valence-electron chi connectivity index (χ0n) is 13.6. The molecule has 1 aromatic heterocycles. The number of hydrogen-bond donors (Lipinski definition) is 2. The van der Waals surface area contributed by atoms with Crippen molar-refractivity contribution in [3.63, 3.8) is 0 Å². The second kappa shape index (κ2) is 5.80. The Morgan fingerprint density at radius 2 is 2.17 bits per heavy atom. The minimum absolute atomic E-state index is 0.423. The normalized spacial score (nSPS) is 18.3. The molecule has 118 valence electrons. The number of nitrogens with one attached hydrogen (secondary N) is 2. The first-order valence-electron chi connectivity index (χ1n) is 8.12. The van der Waals surface area contributed by atoms with Gasteiger partial charge in [-0.05, 0) is 48.5 Å². The van der Waals surface area contributed by atoms with Gasteiger partial charge in [0.2, 0.25) is 0 Å². The lowest BCUT2D eigenvalue weighted by Crippen LogP contribution is -2.31. The summed E-state index contributed by atoms with van der Waals surface area (Å²) >= 11 is 0. The molecule has 4 rings (SSSR count). The molecule has 0 saturated heterocycles. The number of benzene rings is 2. The van der Waals surface area contributed by atoms with Crippen LogP contribution in [0, 0.1) is 0 Å². The van der Waals surface area contributed by atoms with E-state index in [0.29, 0.717) is 5.92 Å². The molecule has 0 radical (unpaired) electrons. The average molecular weight is 306 g/mol. The third-order valence-electron chi connectivity index (χ3n) is 4.76. The average Bonchev–Trinajstić information content (AvgIpc) is 3.01. The standard InChI is InChI=1S/C19H22N4/c1-20-9-13-3-5-17-16(7-13)11-23(2)12-18(17)14-4-6-19-15(8-14)10-21-22-19/h3-8,10,18,20H,9,11-12H2,1-2H3,(H,21,22).